The molecule has 1 aliphatic rings. The highest BCUT2D eigenvalue weighted by atomic mass is 32.2. The van der Waals surface area contributed by atoms with Crippen molar-refractivity contribution in [1.82, 2.24) is 4.31 Å². The fourth-order valence-electron chi connectivity index (χ4n) is 2.25. The Morgan fingerprint density at radius 3 is 2.84 bits per heavy atom. The van der Waals surface area contributed by atoms with Crippen molar-refractivity contribution in [3.8, 4) is 0 Å². The molecule has 0 saturated carbocycles. The molecular weight excluding hydrogens is 266 g/mol. The van der Waals surface area contributed by atoms with Crippen LogP contribution in [0.4, 0.5) is 0 Å². The Bertz CT molecular complexity index is 556. The number of morpholine rings is 1. The number of hydrogen-bond acceptors (Lipinski definition) is 4. The Morgan fingerprint density at radius 1 is 1.47 bits per heavy atom. The van der Waals surface area contributed by atoms with Crippen molar-refractivity contribution in [3.63, 3.8) is 0 Å². The van der Waals surface area contributed by atoms with Crippen molar-refractivity contribution in [1.29, 1.82) is 0 Å². The summed E-state index contributed by atoms with van der Waals surface area (Å²) < 4.78 is 32.0. The largest absolute Gasteiger partial charge is 0.392 e. The van der Waals surface area contributed by atoms with E-state index in [0.29, 0.717) is 30.8 Å². The predicted octanol–water partition coefficient (Wildman–Crippen LogP) is 0.897. The van der Waals surface area contributed by atoms with Crippen molar-refractivity contribution in [2.45, 2.75) is 31.5 Å². The van der Waals surface area contributed by atoms with Crippen molar-refractivity contribution in [2.75, 3.05) is 19.7 Å². The van der Waals surface area contributed by atoms with Crippen LogP contribution >= 0.6 is 0 Å². The van der Waals surface area contributed by atoms with Gasteiger partial charge in [0.05, 0.1) is 24.2 Å². The van der Waals surface area contributed by atoms with Gasteiger partial charge in [-0.1, -0.05) is 12.1 Å². The molecule has 1 saturated heterocycles. The Kier molecular flexibility index (Phi) is 4.25. The van der Waals surface area contributed by atoms with E-state index in [1.807, 2.05) is 6.92 Å². The molecule has 1 N–H and O–H groups in total. The van der Waals surface area contributed by atoms with Gasteiger partial charge in [-0.15, -0.1) is 0 Å². The molecule has 1 aromatic carbocycles. The zero-order valence-corrected chi connectivity index (χ0v) is 12.0. The van der Waals surface area contributed by atoms with Crippen LogP contribution in [0.3, 0.4) is 0 Å². The average molecular weight is 285 g/mol. The van der Waals surface area contributed by atoms with Gasteiger partial charge in [-0.05, 0) is 31.0 Å². The molecule has 5 nitrogen and oxygen atoms in total. The average Bonchev–Trinajstić information content (AvgIpc) is 2.38. The molecule has 0 bridgehead atoms. The van der Waals surface area contributed by atoms with Crippen LogP contribution in [-0.4, -0.2) is 43.6 Å². The SMILES string of the molecule is Cc1c(CO)cccc1S(=O)(=O)N1CCOC(C)C1. The summed E-state index contributed by atoms with van der Waals surface area (Å²) in [6.07, 6.45) is -0.0927. The highest BCUT2D eigenvalue weighted by Crippen LogP contribution is 2.24. The second-order valence-corrected chi connectivity index (χ2v) is 6.65. The Labute approximate surface area is 113 Å². The number of nitrogens with zero attached hydrogens (tertiary/aromatic N) is 1. The first-order valence-electron chi connectivity index (χ1n) is 6.28. The minimum atomic E-state index is -3.52. The lowest BCUT2D eigenvalue weighted by Gasteiger charge is -2.30. The maximum absolute atomic E-state index is 12.6. The van der Waals surface area contributed by atoms with E-state index in [4.69, 9.17) is 4.74 Å². The lowest BCUT2D eigenvalue weighted by atomic mass is 10.1. The minimum absolute atomic E-state index is 0.0927. The van der Waals surface area contributed by atoms with Crippen LogP contribution in [0, 0.1) is 6.92 Å². The van der Waals surface area contributed by atoms with E-state index < -0.39 is 10.0 Å². The molecule has 0 aromatic heterocycles. The van der Waals surface area contributed by atoms with Gasteiger partial charge < -0.3 is 9.84 Å². The van der Waals surface area contributed by atoms with Crippen LogP contribution in [0.5, 0.6) is 0 Å². The maximum Gasteiger partial charge on any atom is 0.243 e. The summed E-state index contributed by atoms with van der Waals surface area (Å²) in [7, 11) is -3.52. The number of rotatable bonds is 3. The molecule has 1 unspecified atom stereocenters. The fraction of sp³-hybridized carbons (Fsp3) is 0.538. The van der Waals surface area contributed by atoms with Crippen LogP contribution in [-0.2, 0) is 21.4 Å². The summed E-state index contributed by atoms with van der Waals surface area (Å²) in [6.45, 7) is 4.58. The fourth-order valence-corrected chi connectivity index (χ4v) is 4.02. The summed E-state index contributed by atoms with van der Waals surface area (Å²) in [5.41, 5.74) is 1.26. The van der Waals surface area contributed by atoms with Crippen LogP contribution in [0.25, 0.3) is 0 Å². The topological polar surface area (TPSA) is 66.8 Å². The first kappa shape index (κ1) is 14.5. The van der Waals surface area contributed by atoms with Crippen molar-refractivity contribution in [3.05, 3.63) is 29.3 Å². The second kappa shape index (κ2) is 5.58. The third-order valence-electron chi connectivity index (χ3n) is 3.39. The molecule has 0 amide bonds. The van der Waals surface area contributed by atoms with E-state index in [1.54, 1.807) is 25.1 Å². The van der Waals surface area contributed by atoms with Crippen LogP contribution in [0.2, 0.25) is 0 Å². The van der Waals surface area contributed by atoms with E-state index in [2.05, 4.69) is 0 Å². The molecule has 19 heavy (non-hydrogen) atoms. The first-order chi connectivity index (χ1) is 8.96. The van der Waals surface area contributed by atoms with Crippen molar-refractivity contribution in [2.24, 2.45) is 0 Å². The van der Waals surface area contributed by atoms with Gasteiger partial charge in [0.15, 0.2) is 0 Å². The molecule has 1 heterocycles. The molecule has 0 aliphatic carbocycles. The third-order valence-corrected chi connectivity index (χ3v) is 5.40. The standard InChI is InChI=1S/C13H19NO4S/c1-10-8-14(6-7-18-10)19(16,17)13-5-3-4-12(9-15)11(13)2/h3-5,10,15H,6-9H2,1-2H3. The normalized spacial score (nSPS) is 21.5. The molecule has 106 valence electrons. The van der Waals surface area contributed by atoms with Gasteiger partial charge in [-0.3, -0.25) is 0 Å². The van der Waals surface area contributed by atoms with Gasteiger partial charge in [0.1, 0.15) is 0 Å². The smallest absolute Gasteiger partial charge is 0.243 e. The van der Waals surface area contributed by atoms with Crippen molar-refractivity contribution >= 4 is 10.0 Å². The molecule has 1 aliphatic heterocycles. The highest BCUT2D eigenvalue weighted by molar-refractivity contribution is 7.89. The molecule has 1 fully saturated rings. The van der Waals surface area contributed by atoms with Crippen LogP contribution in [0.1, 0.15) is 18.1 Å². The van der Waals surface area contributed by atoms with Gasteiger partial charge in [-0.2, -0.15) is 4.31 Å². The summed E-state index contributed by atoms with van der Waals surface area (Å²) in [5, 5.41) is 9.23. The van der Waals surface area contributed by atoms with Gasteiger partial charge >= 0.3 is 0 Å². The van der Waals surface area contributed by atoms with E-state index in [9.17, 15) is 13.5 Å². The maximum atomic E-state index is 12.6. The molecule has 1 aromatic rings. The van der Waals surface area contributed by atoms with E-state index >= 15 is 0 Å². The van der Waals surface area contributed by atoms with Gasteiger partial charge in [-0.25, -0.2) is 8.42 Å². The number of benzene rings is 1. The highest BCUT2D eigenvalue weighted by Gasteiger charge is 2.30. The monoisotopic (exact) mass is 285 g/mol. The van der Waals surface area contributed by atoms with Gasteiger partial charge in [0.2, 0.25) is 10.0 Å². The van der Waals surface area contributed by atoms with E-state index in [-0.39, 0.29) is 17.6 Å². The first-order valence-corrected chi connectivity index (χ1v) is 7.72. The van der Waals surface area contributed by atoms with Crippen LogP contribution in [0.15, 0.2) is 23.1 Å². The quantitative estimate of drug-likeness (QED) is 0.896. The Morgan fingerprint density at radius 2 is 2.21 bits per heavy atom. The summed E-state index contributed by atoms with van der Waals surface area (Å²) in [6, 6.07) is 4.98. The Balaban J connectivity index is 2.39. The second-order valence-electron chi connectivity index (χ2n) is 4.74. The number of ether oxygens (including phenoxy) is 1. The molecular formula is C13H19NO4S. The van der Waals surface area contributed by atoms with Gasteiger partial charge in [0, 0.05) is 13.1 Å². The zero-order chi connectivity index (χ0) is 14.0. The van der Waals surface area contributed by atoms with E-state index in [1.165, 1.54) is 4.31 Å². The third kappa shape index (κ3) is 2.81. The van der Waals surface area contributed by atoms with Gasteiger partial charge in [0.25, 0.3) is 0 Å². The Hall–Kier alpha value is -0.950. The lowest BCUT2D eigenvalue weighted by Crippen LogP contribution is -2.44. The molecule has 0 radical (unpaired) electrons. The number of hydrogen-bond donors (Lipinski definition) is 1. The molecule has 1 atom stereocenters. The molecule has 2 rings (SSSR count). The summed E-state index contributed by atoms with van der Waals surface area (Å²) >= 11 is 0. The predicted molar refractivity (Wildman–Crippen MR) is 71.3 cm³/mol. The summed E-state index contributed by atoms with van der Waals surface area (Å²) in [5.74, 6) is 0. The van der Waals surface area contributed by atoms with E-state index in [0.717, 1.165) is 0 Å². The van der Waals surface area contributed by atoms with Crippen molar-refractivity contribution < 1.29 is 18.3 Å². The minimum Gasteiger partial charge on any atom is -0.392 e. The number of sulfonamides is 1. The number of aliphatic hydroxyl groups excluding tert-OH is 1. The zero-order valence-electron chi connectivity index (χ0n) is 11.2. The lowest BCUT2D eigenvalue weighted by molar-refractivity contribution is 0.0101. The molecule has 6 heteroatoms. The number of aliphatic hydroxyl groups is 1. The van der Waals surface area contributed by atoms with Crippen LogP contribution < -0.4 is 0 Å². The molecule has 0 spiro atoms. The summed E-state index contributed by atoms with van der Waals surface area (Å²) in [4.78, 5) is 0.271.